The predicted octanol–water partition coefficient (Wildman–Crippen LogP) is 8.56. The maximum Gasteiger partial charge on any atom is 0.500 e. The fourth-order valence-electron chi connectivity index (χ4n) is 4.10. The Morgan fingerprint density at radius 2 is 0.969 bits per heavy atom. The summed E-state index contributed by atoms with van der Waals surface area (Å²) in [5.74, 6) is 0.822. The number of carbonyl (C=O) groups excluding carboxylic acids is 1. The smallest absolute Gasteiger partial charge is 0.377 e. The molecule has 0 amide bonds. The van der Waals surface area contributed by atoms with Crippen molar-refractivity contribution in [3.8, 4) is 0 Å². The van der Waals surface area contributed by atoms with E-state index in [1.165, 1.54) is 114 Å². The summed E-state index contributed by atoms with van der Waals surface area (Å²) in [5.41, 5.74) is 0. The van der Waals surface area contributed by atoms with Gasteiger partial charge >= 0.3 is 8.80 Å². The largest absolute Gasteiger partial charge is 0.500 e. The molecule has 0 saturated heterocycles. The summed E-state index contributed by atoms with van der Waals surface area (Å²) in [6.45, 7) is 2.28. The van der Waals surface area contributed by atoms with Crippen LogP contribution in [0.1, 0.15) is 129 Å². The third-order valence-corrected chi connectivity index (χ3v) is 10.2. The molecule has 0 fully saturated rings. The van der Waals surface area contributed by atoms with Crippen LogP contribution in [0.3, 0.4) is 0 Å². The van der Waals surface area contributed by atoms with E-state index in [1.807, 2.05) is 0 Å². The zero-order valence-corrected chi connectivity index (χ0v) is 23.7. The molecule has 192 valence electrons. The van der Waals surface area contributed by atoms with E-state index in [2.05, 4.69) is 6.92 Å². The molecule has 0 aliphatic rings. The zero-order valence-electron chi connectivity index (χ0n) is 21.9. The normalized spacial score (nSPS) is 11.9. The van der Waals surface area contributed by atoms with Gasteiger partial charge in [-0.1, -0.05) is 121 Å². The van der Waals surface area contributed by atoms with Crippen LogP contribution in [-0.2, 0) is 18.1 Å². The molecule has 0 heterocycles. The van der Waals surface area contributed by atoms with Crippen molar-refractivity contribution in [1.82, 2.24) is 0 Å². The second-order valence-corrected chi connectivity index (χ2v) is 13.3. The van der Waals surface area contributed by atoms with E-state index in [1.54, 1.807) is 21.3 Å². The van der Waals surface area contributed by atoms with Gasteiger partial charge in [-0.05, 0) is 12.8 Å². The standard InChI is InChI=1S/C26H54O4SSi/c1-5-6-7-8-9-10-11-12-13-14-15-16-17-18-19-20-21-23-26(27)31-24-22-25-32(28-2,29-3)30-4/h5-25H2,1-4H3. The predicted molar refractivity (Wildman–Crippen MR) is 142 cm³/mol. The van der Waals surface area contributed by atoms with E-state index < -0.39 is 8.80 Å². The Kier molecular flexibility index (Phi) is 24.3. The molecule has 0 rings (SSSR count). The average molecular weight is 491 g/mol. The van der Waals surface area contributed by atoms with Crippen molar-refractivity contribution in [2.24, 2.45) is 0 Å². The van der Waals surface area contributed by atoms with Crippen molar-refractivity contribution in [1.29, 1.82) is 0 Å². The Hall–Kier alpha value is 0.117. The van der Waals surface area contributed by atoms with E-state index in [0.29, 0.717) is 11.5 Å². The summed E-state index contributed by atoms with van der Waals surface area (Å²) >= 11 is 1.45. The zero-order chi connectivity index (χ0) is 23.8. The third kappa shape index (κ3) is 19.6. The Morgan fingerprint density at radius 1 is 0.594 bits per heavy atom. The van der Waals surface area contributed by atoms with Gasteiger partial charge in [0.15, 0.2) is 5.12 Å². The molecule has 0 unspecified atom stereocenters. The van der Waals surface area contributed by atoms with Gasteiger partial charge in [0, 0.05) is 39.5 Å². The number of rotatable bonds is 25. The number of hydrogen-bond acceptors (Lipinski definition) is 5. The van der Waals surface area contributed by atoms with E-state index in [-0.39, 0.29) is 0 Å². The van der Waals surface area contributed by atoms with Crippen LogP contribution in [0, 0.1) is 0 Å². The summed E-state index contributed by atoms with van der Waals surface area (Å²) in [5, 5.41) is 0.325. The molecule has 0 saturated carbocycles. The molecule has 0 bridgehead atoms. The number of thioether (sulfide) groups is 1. The molecule has 0 aliphatic carbocycles. The van der Waals surface area contributed by atoms with Crippen molar-refractivity contribution >= 4 is 25.7 Å². The highest BCUT2D eigenvalue weighted by Crippen LogP contribution is 2.19. The first-order chi connectivity index (χ1) is 15.6. The summed E-state index contributed by atoms with van der Waals surface area (Å²) in [4.78, 5) is 12.0. The Labute approximate surface area is 205 Å². The lowest BCUT2D eigenvalue weighted by atomic mass is 10.0. The summed E-state index contributed by atoms with van der Waals surface area (Å²) in [6.07, 6.45) is 24.9. The molecule has 0 aliphatic heterocycles. The first-order valence-corrected chi connectivity index (χ1v) is 16.4. The molecule has 0 aromatic rings. The Morgan fingerprint density at radius 3 is 1.34 bits per heavy atom. The molecule has 0 aromatic heterocycles. The molecule has 0 atom stereocenters. The lowest BCUT2D eigenvalue weighted by molar-refractivity contribution is -0.111. The minimum atomic E-state index is -2.48. The summed E-state index contributed by atoms with van der Waals surface area (Å²) < 4.78 is 16.2. The minimum Gasteiger partial charge on any atom is -0.377 e. The maximum atomic E-state index is 12.0. The van der Waals surface area contributed by atoms with Gasteiger partial charge < -0.3 is 13.3 Å². The van der Waals surface area contributed by atoms with Crippen LogP contribution in [0.2, 0.25) is 6.04 Å². The first-order valence-electron chi connectivity index (χ1n) is 13.4. The second kappa shape index (κ2) is 24.2. The molecular formula is C26H54O4SSi. The highest BCUT2D eigenvalue weighted by Gasteiger charge is 2.36. The first kappa shape index (κ1) is 32.1. The van der Waals surface area contributed by atoms with Gasteiger partial charge in [0.25, 0.3) is 0 Å². The fraction of sp³-hybridized carbons (Fsp3) is 0.962. The Bertz CT molecular complexity index is 397. The SMILES string of the molecule is CCCCCCCCCCCCCCCCCCCC(=O)SCCC[Si](OC)(OC)OC. The van der Waals surface area contributed by atoms with Crippen molar-refractivity contribution < 1.29 is 18.1 Å². The Balaban J connectivity index is 3.31. The van der Waals surface area contributed by atoms with Gasteiger partial charge in [-0.3, -0.25) is 4.79 Å². The minimum absolute atomic E-state index is 0.325. The van der Waals surface area contributed by atoms with E-state index in [9.17, 15) is 4.79 Å². The number of unbranched alkanes of at least 4 members (excludes halogenated alkanes) is 16. The van der Waals surface area contributed by atoms with Crippen LogP contribution in [0.4, 0.5) is 0 Å². The highest BCUT2D eigenvalue weighted by atomic mass is 32.2. The third-order valence-electron chi connectivity index (χ3n) is 6.31. The van der Waals surface area contributed by atoms with E-state index in [0.717, 1.165) is 24.6 Å². The monoisotopic (exact) mass is 490 g/mol. The molecule has 0 spiro atoms. The van der Waals surface area contributed by atoms with Crippen LogP contribution < -0.4 is 0 Å². The van der Waals surface area contributed by atoms with Gasteiger partial charge in [0.1, 0.15) is 0 Å². The molecule has 32 heavy (non-hydrogen) atoms. The highest BCUT2D eigenvalue weighted by molar-refractivity contribution is 8.13. The lowest BCUT2D eigenvalue weighted by Crippen LogP contribution is -2.42. The number of hydrogen-bond donors (Lipinski definition) is 0. The van der Waals surface area contributed by atoms with Crippen molar-refractivity contribution in [3.05, 3.63) is 0 Å². The number of carbonyl (C=O) groups is 1. The lowest BCUT2D eigenvalue weighted by Gasteiger charge is -2.23. The topological polar surface area (TPSA) is 44.8 Å². The van der Waals surface area contributed by atoms with Gasteiger partial charge in [-0.25, -0.2) is 0 Å². The van der Waals surface area contributed by atoms with Gasteiger partial charge in [-0.2, -0.15) is 0 Å². The van der Waals surface area contributed by atoms with E-state index >= 15 is 0 Å². The van der Waals surface area contributed by atoms with Crippen molar-refractivity contribution in [2.45, 2.75) is 135 Å². The quantitative estimate of drug-likeness (QED) is 0.0947. The molecule has 0 radical (unpaired) electrons. The molecule has 6 heteroatoms. The van der Waals surface area contributed by atoms with E-state index in [4.69, 9.17) is 13.3 Å². The molecule has 0 aromatic carbocycles. The van der Waals surface area contributed by atoms with Crippen molar-refractivity contribution in [3.63, 3.8) is 0 Å². The van der Waals surface area contributed by atoms with Crippen LogP contribution in [0.15, 0.2) is 0 Å². The van der Waals surface area contributed by atoms with Gasteiger partial charge in [-0.15, -0.1) is 0 Å². The van der Waals surface area contributed by atoms with Crippen molar-refractivity contribution in [2.75, 3.05) is 27.1 Å². The van der Waals surface area contributed by atoms with Gasteiger partial charge in [0.2, 0.25) is 0 Å². The van der Waals surface area contributed by atoms with Crippen LogP contribution in [0.5, 0.6) is 0 Å². The van der Waals surface area contributed by atoms with Gasteiger partial charge in [0.05, 0.1) is 0 Å². The molecular weight excluding hydrogens is 436 g/mol. The summed E-state index contributed by atoms with van der Waals surface area (Å²) in [6, 6.07) is 0.760. The van der Waals surface area contributed by atoms with Crippen LogP contribution >= 0.6 is 11.8 Å². The maximum absolute atomic E-state index is 12.0. The molecule has 0 N–H and O–H groups in total. The van der Waals surface area contributed by atoms with Crippen LogP contribution in [-0.4, -0.2) is 41.0 Å². The summed E-state index contributed by atoms with van der Waals surface area (Å²) in [7, 11) is 2.42. The second-order valence-electron chi connectivity index (χ2n) is 9.03. The fourth-order valence-corrected chi connectivity index (χ4v) is 6.88. The average Bonchev–Trinajstić information content (AvgIpc) is 2.81. The molecule has 4 nitrogen and oxygen atoms in total. The van der Waals surface area contributed by atoms with Crippen LogP contribution in [0.25, 0.3) is 0 Å².